The van der Waals surface area contributed by atoms with Gasteiger partial charge in [0.15, 0.2) is 0 Å². The molecule has 0 fully saturated rings. The standard InChI is InChI=1S/C24H20B.3C7H7.Zr/c1-5-13-21(14-6-1)25(22-15-7-2-8-16-22,23-17-9-3-10-18-23)24-19-11-4-12-20-24;3*1-7-5-3-2-4-6-7;/h1-20H;3*2-6H,1H2;/q4*-1;+4. The van der Waals surface area contributed by atoms with Crippen molar-refractivity contribution in [2.24, 2.45) is 0 Å². The smallest absolute Gasteiger partial charge is 0.199 e. The van der Waals surface area contributed by atoms with Crippen molar-refractivity contribution >= 4 is 28.0 Å². The van der Waals surface area contributed by atoms with Crippen LogP contribution in [0.1, 0.15) is 16.7 Å². The van der Waals surface area contributed by atoms with E-state index in [1.54, 1.807) is 0 Å². The minimum atomic E-state index is -1.22. The van der Waals surface area contributed by atoms with Crippen LogP contribution in [0.4, 0.5) is 0 Å². The predicted molar refractivity (Wildman–Crippen MR) is 203 cm³/mol. The average molecular weight is 684 g/mol. The molecular weight excluding hydrogens is 643 g/mol. The van der Waals surface area contributed by atoms with Crippen LogP contribution in [0, 0.1) is 20.8 Å². The normalized spacial score (nSPS) is 9.79. The van der Waals surface area contributed by atoms with Crippen LogP contribution in [0.3, 0.4) is 0 Å². The van der Waals surface area contributed by atoms with E-state index in [1.165, 1.54) is 21.9 Å². The molecule has 0 aliphatic heterocycles. The second-order valence-electron chi connectivity index (χ2n) is 11.0. The first kappa shape index (κ1) is 36.6. The molecular formula is C45H41BZr. The quantitative estimate of drug-likeness (QED) is 0.129. The van der Waals surface area contributed by atoms with E-state index >= 15 is 0 Å². The van der Waals surface area contributed by atoms with Gasteiger partial charge >= 0.3 is 26.2 Å². The predicted octanol–water partition coefficient (Wildman–Crippen LogP) is 8.67. The summed E-state index contributed by atoms with van der Waals surface area (Å²) in [4.78, 5) is 0. The van der Waals surface area contributed by atoms with E-state index < -0.39 is 6.15 Å². The van der Waals surface area contributed by atoms with Gasteiger partial charge in [-0.2, -0.15) is 95.7 Å². The Kier molecular flexibility index (Phi) is 15.8. The summed E-state index contributed by atoms with van der Waals surface area (Å²) in [5.74, 6) is 0. The molecule has 7 aromatic rings. The Morgan fingerprint density at radius 3 is 0.511 bits per heavy atom. The van der Waals surface area contributed by atoms with Gasteiger partial charge in [0.2, 0.25) is 0 Å². The minimum Gasteiger partial charge on any atom is -0.199 e. The Morgan fingerprint density at radius 1 is 0.234 bits per heavy atom. The number of rotatable bonds is 4. The topological polar surface area (TPSA) is 0 Å². The fourth-order valence-corrected chi connectivity index (χ4v) is 5.56. The Labute approximate surface area is 302 Å². The number of hydrogen-bond acceptors (Lipinski definition) is 0. The molecule has 7 rings (SSSR count). The largest absolute Gasteiger partial charge is 4.00 e. The molecule has 47 heavy (non-hydrogen) atoms. The summed E-state index contributed by atoms with van der Waals surface area (Å²) >= 11 is 0. The third-order valence-corrected chi connectivity index (χ3v) is 7.73. The summed E-state index contributed by atoms with van der Waals surface area (Å²) in [6, 6.07) is 73.1. The zero-order chi connectivity index (χ0) is 32.3. The molecule has 0 aliphatic carbocycles. The Hall–Kier alpha value is -4.90. The third-order valence-electron chi connectivity index (χ3n) is 7.73. The van der Waals surface area contributed by atoms with Crippen molar-refractivity contribution in [3.05, 3.63) is 250 Å². The zero-order valence-corrected chi connectivity index (χ0v) is 29.4. The van der Waals surface area contributed by atoms with Crippen molar-refractivity contribution in [2.75, 3.05) is 0 Å². The van der Waals surface area contributed by atoms with Gasteiger partial charge in [0.1, 0.15) is 6.15 Å². The molecule has 0 N–H and O–H groups in total. The van der Waals surface area contributed by atoms with Crippen LogP contribution >= 0.6 is 0 Å². The van der Waals surface area contributed by atoms with Crippen LogP contribution < -0.4 is 21.9 Å². The second kappa shape index (κ2) is 20.3. The van der Waals surface area contributed by atoms with Gasteiger partial charge in [0.25, 0.3) is 0 Å². The van der Waals surface area contributed by atoms with E-state index in [2.05, 4.69) is 142 Å². The van der Waals surface area contributed by atoms with Gasteiger partial charge in [-0.3, -0.25) is 0 Å². The molecule has 7 aromatic carbocycles. The second-order valence-corrected chi connectivity index (χ2v) is 11.0. The van der Waals surface area contributed by atoms with Crippen LogP contribution in [-0.2, 0) is 26.2 Å². The van der Waals surface area contributed by atoms with Gasteiger partial charge < -0.3 is 0 Å². The SMILES string of the molecule is [CH2-]c1ccccc1.[CH2-]c1ccccc1.[CH2-]c1ccccc1.[Zr+4].c1ccc([B-](c2ccccc2)(c2ccccc2)c2ccccc2)cc1. The van der Waals surface area contributed by atoms with Crippen molar-refractivity contribution in [2.45, 2.75) is 0 Å². The van der Waals surface area contributed by atoms with Gasteiger partial charge in [0.05, 0.1) is 0 Å². The van der Waals surface area contributed by atoms with Gasteiger partial charge in [-0.25, -0.2) is 0 Å². The van der Waals surface area contributed by atoms with Crippen molar-refractivity contribution in [1.29, 1.82) is 0 Å². The van der Waals surface area contributed by atoms with Gasteiger partial charge in [-0.05, 0) is 0 Å². The molecule has 228 valence electrons. The Bertz CT molecular complexity index is 1510. The molecule has 0 aromatic heterocycles. The zero-order valence-electron chi connectivity index (χ0n) is 26.9. The van der Waals surface area contributed by atoms with Crippen LogP contribution in [-0.4, -0.2) is 6.15 Å². The van der Waals surface area contributed by atoms with Crippen molar-refractivity contribution < 1.29 is 26.2 Å². The number of hydrogen-bond donors (Lipinski definition) is 0. The Balaban J connectivity index is 0.000000220. The van der Waals surface area contributed by atoms with Crippen molar-refractivity contribution in [3.8, 4) is 0 Å². The first-order valence-electron chi connectivity index (χ1n) is 15.6. The minimum absolute atomic E-state index is 0. The molecule has 0 saturated heterocycles. The summed E-state index contributed by atoms with van der Waals surface area (Å²) in [6.45, 7) is 11.2. The fraction of sp³-hybridized carbons (Fsp3) is 0. The monoisotopic (exact) mass is 682 g/mol. The molecule has 0 aliphatic rings. The van der Waals surface area contributed by atoms with Gasteiger partial charge in [0, 0.05) is 0 Å². The van der Waals surface area contributed by atoms with E-state index in [4.69, 9.17) is 0 Å². The van der Waals surface area contributed by atoms with Crippen LogP contribution in [0.5, 0.6) is 0 Å². The van der Waals surface area contributed by atoms with Crippen LogP contribution in [0.15, 0.2) is 212 Å². The molecule has 0 nitrogen and oxygen atoms in total. The van der Waals surface area contributed by atoms with Gasteiger partial charge in [-0.15, -0.1) is 36.4 Å². The molecule has 0 radical (unpaired) electrons. The maximum atomic E-state index is 3.72. The van der Waals surface area contributed by atoms with E-state index in [1.807, 2.05) is 91.0 Å². The maximum absolute atomic E-state index is 3.72. The molecule has 0 unspecified atom stereocenters. The molecule has 0 amide bonds. The summed E-state index contributed by atoms with van der Waals surface area (Å²) in [5.41, 5.74) is 8.57. The first-order chi connectivity index (χ1) is 22.6. The average Bonchev–Trinajstić information content (AvgIpc) is 3.12. The summed E-state index contributed by atoms with van der Waals surface area (Å²) in [7, 11) is 0. The molecule has 0 atom stereocenters. The third kappa shape index (κ3) is 11.1. The molecule has 0 saturated carbocycles. The fourth-order valence-electron chi connectivity index (χ4n) is 5.56. The molecule has 0 bridgehead atoms. The molecule has 0 heterocycles. The van der Waals surface area contributed by atoms with E-state index in [-0.39, 0.29) is 26.2 Å². The number of benzene rings is 7. The Morgan fingerprint density at radius 2 is 0.383 bits per heavy atom. The summed E-state index contributed by atoms with van der Waals surface area (Å²) < 4.78 is 0. The van der Waals surface area contributed by atoms with E-state index in [0.29, 0.717) is 0 Å². The first-order valence-corrected chi connectivity index (χ1v) is 15.6. The molecule has 2 heteroatoms. The van der Waals surface area contributed by atoms with E-state index in [9.17, 15) is 0 Å². The van der Waals surface area contributed by atoms with Crippen LogP contribution in [0.2, 0.25) is 0 Å². The maximum Gasteiger partial charge on any atom is 4.00 e. The van der Waals surface area contributed by atoms with E-state index in [0.717, 1.165) is 16.7 Å². The van der Waals surface area contributed by atoms with Crippen molar-refractivity contribution in [3.63, 3.8) is 0 Å². The van der Waals surface area contributed by atoms with Gasteiger partial charge in [-0.1, -0.05) is 140 Å². The summed E-state index contributed by atoms with van der Waals surface area (Å²) in [5, 5.41) is 0. The van der Waals surface area contributed by atoms with Crippen molar-refractivity contribution in [1.82, 2.24) is 0 Å². The summed E-state index contributed by atoms with van der Waals surface area (Å²) in [6.07, 6.45) is -1.22. The molecule has 0 spiro atoms. The van der Waals surface area contributed by atoms with Crippen LogP contribution in [0.25, 0.3) is 0 Å².